The Morgan fingerprint density at radius 1 is 1.29 bits per heavy atom. The number of anilines is 1. The lowest BCUT2D eigenvalue weighted by Crippen LogP contribution is -2.55. The predicted octanol–water partition coefficient (Wildman–Crippen LogP) is 5.15. The van der Waals surface area contributed by atoms with Crippen molar-refractivity contribution in [3.63, 3.8) is 0 Å². The zero-order valence-corrected chi connectivity index (χ0v) is 19.9. The van der Waals surface area contributed by atoms with E-state index in [0.29, 0.717) is 23.7 Å². The highest BCUT2D eigenvalue weighted by atomic mass is 32.1. The number of hydrogen-bond donors (Lipinski definition) is 2. The van der Waals surface area contributed by atoms with Gasteiger partial charge in [-0.1, -0.05) is 6.58 Å². The molecule has 5 heterocycles. The predicted molar refractivity (Wildman–Crippen MR) is 136 cm³/mol. The Labute approximate surface area is 204 Å². The topological polar surface area (TPSA) is 70.2 Å². The van der Waals surface area contributed by atoms with E-state index in [-0.39, 0.29) is 25.0 Å². The van der Waals surface area contributed by atoms with Gasteiger partial charge in [0, 0.05) is 46.4 Å². The molecule has 1 amide bonds. The van der Waals surface area contributed by atoms with E-state index >= 15 is 0 Å². The summed E-state index contributed by atoms with van der Waals surface area (Å²) in [6.07, 6.45) is 3.38. The highest BCUT2D eigenvalue weighted by Gasteiger charge is 2.43. The number of nitrogens with zero attached hydrogens (tertiary/aromatic N) is 3. The van der Waals surface area contributed by atoms with Crippen LogP contribution in [0, 0.1) is 0 Å². The summed E-state index contributed by atoms with van der Waals surface area (Å²) in [6, 6.07) is 9.86. The Morgan fingerprint density at radius 2 is 2.11 bits per heavy atom. The molecule has 0 aliphatic carbocycles. The average molecular weight is 492 g/mol. The fourth-order valence-corrected chi connectivity index (χ4v) is 5.91. The summed E-state index contributed by atoms with van der Waals surface area (Å²) < 4.78 is 27.8. The molecule has 6 rings (SSSR count). The van der Waals surface area contributed by atoms with Gasteiger partial charge >= 0.3 is 0 Å². The zero-order valence-electron chi connectivity index (χ0n) is 19.1. The van der Waals surface area contributed by atoms with Crippen LogP contribution in [0.1, 0.15) is 27.9 Å². The van der Waals surface area contributed by atoms with Crippen LogP contribution < -0.4 is 10.6 Å². The Bertz CT molecular complexity index is 1510. The van der Waals surface area contributed by atoms with Crippen LogP contribution in [0.5, 0.6) is 0 Å². The number of likely N-dealkylation sites (tertiary alicyclic amines) is 1. The maximum absolute atomic E-state index is 13.4. The summed E-state index contributed by atoms with van der Waals surface area (Å²) in [6.45, 7) is 6.31. The van der Waals surface area contributed by atoms with Gasteiger partial charge in [-0.3, -0.25) is 14.7 Å². The fourth-order valence-electron chi connectivity index (χ4n) is 4.81. The summed E-state index contributed by atoms with van der Waals surface area (Å²) in [4.78, 5) is 24.4. The second-order valence-corrected chi connectivity index (χ2v) is 10.3. The molecule has 0 spiro atoms. The highest BCUT2D eigenvalue weighted by Crippen LogP contribution is 2.41. The second-order valence-electron chi connectivity index (χ2n) is 9.24. The van der Waals surface area contributed by atoms with Gasteiger partial charge in [0.1, 0.15) is 4.88 Å². The molecule has 2 aliphatic heterocycles. The summed E-state index contributed by atoms with van der Waals surface area (Å²) in [7, 11) is 0. The van der Waals surface area contributed by atoms with Crippen molar-refractivity contribution in [2.75, 3.05) is 25.0 Å². The Morgan fingerprint density at radius 3 is 2.89 bits per heavy atom. The summed E-state index contributed by atoms with van der Waals surface area (Å²) in [5, 5.41) is 8.41. The molecule has 1 fully saturated rings. The first-order chi connectivity index (χ1) is 16.8. The normalized spacial score (nSPS) is 19.5. The molecule has 9 heteroatoms. The second kappa shape index (κ2) is 8.07. The minimum atomic E-state index is -2.62. The molecular weight excluding hydrogens is 468 g/mol. The number of amides is 1. The van der Waals surface area contributed by atoms with Crippen molar-refractivity contribution < 1.29 is 13.6 Å². The van der Waals surface area contributed by atoms with Gasteiger partial charge in [-0.25, -0.2) is 13.8 Å². The molecule has 1 saturated heterocycles. The SMILES string of the molecule is C=Cc1cc(-c2ccc3c(ccc4sc5c(c43)NC[C@@H](C)NC5=O)n2)c(CN2CC(F)(F)C2)cn1. The first-order valence-electron chi connectivity index (χ1n) is 11.4. The summed E-state index contributed by atoms with van der Waals surface area (Å²) in [5.41, 5.74) is 4.78. The molecule has 4 aromatic rings. The molecule has 178 valence electrons. The molecule has 2 aliphatic rings. The van der Waals surface area contributed by atoms with Gasteiger partial charge in [0.05, 0.1) is 35.7 Å². The number of pyridine rings is 2. The summed E-state index contributed by atoms with van der Waals surface area (Å²) in [5.74, 6) is -2.69. The molecular formula is C26H23F2N5OS. The van der Waals surface area contributed by atoms with Crippen LogP contribution in [0.15, 0.2) is 43.1 Å². The van der Waals surface area contributed by atoms with Crippen molar-refractivity contribution >= 4 is 50.0 Å². The standard InChI is InChI=1S/C26H23F2N5OS/c1-3-16-8-18(15(10-29-16)11-33-12-26(27,28)13-33)20-5-4-17-19(32-20)6-7-21-22(17)23-24(35-21)25(34)31-14(2)9-30-23/h3-8,10,14,30H,1,9,11-13H2,2H3,(H,31,34)/t14-/m1/s1. The van der Waals surface area contributed by atoms with E-state index in [1.807, 2.05) is 37.3 Å². The Hall–Kier alpha value is -3.43. The van der Waals surface area contributed by atoms with E-state index < -0.39 is 5.92 Å². The summed E-state index contributed by atoms with van der Waals surface area (Å²) >= 11 is 1.47. The van der Waals surface area contributed by atoms with E-state index in [1.54, 1.807) is 17.2 Å². The number of fused-ring (bicyclic) bond motifs is 5. The van der Waals surface area contributed by atoms with Crippen LogP contribution in [0.4, 0.5) is 14.5 Å². The van der Waals surface area contributed by atoms with E-state index in [9.17, 15) is 13.6 Å². The van der Waals surface area contributed by atoms with Gasteiger partial charge < -0.3 is 10.6 Å². The number of aromatic nitrogens is 2. The molecule has 3 aromatic heterocycles. The third-order valence-electron chi connectivity index (χ3n) is 6.49. The number of thiophene rings is 1. The number of rotatable bonds is 4. The minimum Gasteiger partial charge on any atom is -0.381 e. The van der Waals surface area contributed by atoms with Crippen LogP contribution in [0.25, 0.3) is 38.3 Å². The van der Waals surface area contributed by atoms with Gasteiger partial charge in [0.15, 0.2) is 0 Å². The Balaban J connectivity index is 1.45. The number of carbonyl (C=O) groups is 1. The van der Waals surface area contributed by atoms with Gasteiger partial charge in [-0.15, -0.1) is 11.3 Å². The average Bonchev–Trinajstić information content (AvgIpc) is 3.14. The van der Waals surface area contributed by atoms with Crippen molar-refractivity contribution in [3.8, 4) is 11.3 Å². The van der Waals surface area contributed by atoms with Gasteiger partial charge in [-0.2, -0.15) is 0 Å². The van der Waals surface area contributed by atoms with Crippen LogP contribution in [-0.2, 0) is 6.54 Å². The molecule has 2 N–H and O–H groups in total. The number of alkyl halides is 2. The van der Waals surface area contributed by atoms with Crippen molar-refractivity contribution in [1.82, 2.24) is 20.2 Å². The van der Waals surface area contributed by atoms with E-state index in [4.69, 9.17) is 4.98 Å². The molecule has 0 unspecified atom stereocenters. The smallest absolute Gasteiger partial charge is 0.272 e. The van der Waals surface area contributed by atoms with Gasteiger partial charge in [0.25, 0.3) is 11.8 Å². The van der Waals surface area contributed by atoms with Crippen molar-refractivity contribution in [1.29, 1.82) is 0 Å². The van der Waals surface area contributed by atoms with E-state index in [2.05, 4.69) is 22.2 Å². The van der Waals surface area contributed by atoms with E-state index in [1.165, 1.54) is 11.3 Å². The third-order valence-corrected chi connectivity index (χ3v) is 7.64. The number of nitrogens with one attached hydrogen (secondary N) is 2. The van der Waals surface area contributed by atoms with Gasteiger partial charge in [-0.05, 0) is 48.9 Å². The van der Waals surface area contributed by atoms with Gasteiger partial charge in [0.2, 0.25) is 0 Å². The van der Waals surface area contributed by atoms with Crippen LogP contribution >= 0.6 is 11.3 Å². The van der Waals surface area contributed by atoms with Crippen LogP contribution in [-0.4, -0.2) is 52.4 Å². The number of benzene rings is 1. The largest absolute Gasteiger partial charge is 0.381 e. The minimum absolute atomic E-state index is 0.0346. The Kier molecular flexibility index (Phi) is 5.08. The van der Waals surface area contributed by atoms with E-state index in [0.717, 1.165) is 43.5 Å². The maximum atomic E-state index is 13.4. The fraction of sp³-hybridized carbons (Fsp3) is 0.269. The molecule has 0 radical (unpaired) electrons. The molecule has 1 atom stereocenters. The van der Waals surface area contributed by atoms with Crippen molar-refractivity contribution in [2.24, 2.45) is 0 Å². The quantitative estimate of drug-likeness (QED) is 0.413. The third kappa shape index (κ3) is 3.84. The monoisotopic (exact) mass is 491 g/mol. The number of halogens is 2. The van der Waals surface area contributed by atoms with Crippen LogP contribution in [0.3, 0.4) is 0 Å². The zero-order chi connectivity index (χ0) is 24.3. The lowest BCUT2D eigenvalue weighted by atomic mass is 10.0. The molecule has 6 nitrogen and oxygen atoms in total. The molecule has 0 bridgehead atoms. The molecule has 35 heavy (non-hydrogen) atoms. The first-order valence-corrected chi connectivity index (χ1v) is 12.3. The lowest BCUT2D eigenvalue weighted by molar-refractivity contribution is -0.133. The number of carbonyl (C=O) groups excluding carboxylic acids is 1. The van der Waals surface area contributed by atoms with Crippen molar-refractivity contribution in [3.05, 3.63) is 59.2 Å². The molecule has 1 aromatic carbocycles. The number of hydrogen-bond acceptors (Lipinski definition) is 6. The van der Waals surface area contributed by atoms with Crippen molar-refractivity contribution in [2.45, 2.75) is 25.4 Å². The first kappa shape index (κ1) is 22.1. The van der Waals surface area contributed by atoms with Crippen LogP contribution in [0.2, 0.25) is 0 Å². The highest BCUT2D eigenvalue weighted by molar-refractivity contribution is 7.21. The maximum Gasteiger partial charge on any atom is 0.272 e. The lowest BCUT2D eigenvalue weighted by Gasteiger charge is -2.38. The molecule has 0 saturated carbocycles.